The number of anilines is 1. The number of rotatable bonds is 1. The Morgan fingerprint density at radius 2 is 2.19 bits per heavy atom. The van der Waals surface area contributed by atoms with Crippen molar-refractivity contribution in [2.24, 2.45) is 0 Å². The van der Waals surface area contributed by atoms with Gasteiger partial charge in [0.05, 0.1) is 11.6 Å². The molecule has 3 heterocycles. The molecule has 0 aliphatic heterocycles. The minimum absolute atomic E-state index is 0.221. The summed E-state index contributed by atoms with van der Waals surface area (Å²) in [5.74, 6) is 0.830. The van der Waals surface area contributed by atoms with Crippen molar-refractivity contribution in [1.29, 1.82) is 0 Å². The number of fused-ring (bicyclic) bond motifs is 3. The van der Waals surface area contributed by atoms with Gasteiger partial charge < -0.3 is 10.8 Å². The van der Waals surface area contributed by atoms with Crippen molar-refractivity contribution in [3.8, 4) is 0 Å². The van der Waals surface area contributed by atoms with Gasteiger partial charge in [-0.2, -0.15) is 14.6 Å². The number of aromatic nitrogens is 6. The number of nitrogens with two attached hydrogens (primary N) is 1. The van der Waals surface area contributed by atoms with E-state index in [1.807, 2.05) is 0 Å². The van der Waals surface area contributed by atoms with Crippen LogP contribution in [0.25, 0.3) is 16.7 Å². The predicted molar refractivity (Wildman–Crippen MR) is 55.4 cm³/mol. The second kappa shape index (κ2) is 2.89. The fourth-order valence-electron chi connectivity index (χ4n) is 1.66. The first-order chi connectivity index (χ1) is 7.70. The quantitative estimate of drug-likeness (QED) is 0.561. The molecule has 0 saturated heterocycles. The Bertz CT molecular complexity index is 682. The fourth-order valence-corrected chi connectivity index (χ4v) is 1.66. The summed E-state index contributed by atoms with van der Waals surface area (Å²) < 4.78 is 2.80. The summed E-state index contributed by atoms with van der Waals surface area (Å²) in [7, 11) is 0. The third kappa shape index (κ3) is 1.01. The van der Waals surface area contributed by atoms with Crippen LogP contribution in [0.5, 0.6) is 0 Å². The number of aryl methyl sites for hydroxylation is 1. The number of nitrogen functional groups attached to an aromatic ring is 1. The molecule has 0 spiro atoms. The molecule has 0 aromatic carbocycles. The first kappa shape index (κ1) is 9.04. The van der Waals surface area contributed by atoms with Crippen LogP contribution in [0.1, 0.15) is 5.82 Å². The zero-order chi connectivity index (χ0) is 11.3. The molecule has 8 heteroatoms. The van der Waals surface area contributed by atoms with Gasteiger partial charge in [-0.15, -0.1) is 5.10 Å². The molecular formula is C8H9N7O. The molecule has 8 nitrogen and oxygen atoms in total. The minimum Gasteiger partial charge on any atom is -0.374 e. The number of aliphatic hydroxyl groups is 1. The molecule has 0 atom stereocenters. The molecule has 3 aromatic rings. The van der Waals surface area contributed by atoms with Crippen molar-refractivity contribution in [3.63, 3.8) is 0 Å². The maximum absolute atomic E-state index is 9.07. The average molecular weight is 219 g/mol. The van der Waals surface area contributed by atoms with Crippen molar-refractivity contribution >= 4 is 22.6 Å². The molecule has 0 bridgehead atoms. The SMILES string of the molecule is Cc1nc2c3cnn(CO)c3nc(N)n2n1. The first-order valence-corrected chi connectivity index (χ1v) is 4.66. The van der Waals surface area contributed by atoms with E-state index in [4.69, 9.17) is 10.8 Å². The van der Waals surface area contributed by atoms with E-state index in [0.29, 0.717) is 22.5 Å². The van der Waals surface area contributed by atoms with E-state index in [-0.39, 0.29) is 12.7 Å². The fraction of sp³-hybridized carbons (Fsp3) is 0.250. The van der Waals surface area contributed by atoms with Gasteiger partial charge in [0, 0.05) is 0 Å². The Kier molecular flexibility index (Phi) is 1.63. The smallest absolute Gasteiger partial charge is 0.225 e. The zero-order valence-corrected chi connectivity index (χ0v) is 8.49. The second-order valence-electron chi connectivity index (χ2n) is 3.39. The van der Waals surface area contributed by atoms with Crippen molar-refractivity contribution in [1.82, 2.24) is 29.4 Å². The summed E-state index contributed by atoms with van der Waals surface area (Å²) >= 11 is 0. The van der Waals surface area contributed by atoms with E-state index in [2.05, 4.69) is 20.2 Å². The van der Waals surface area contributed by atoms with Gasteiger partial charge in [-0.1, -0.05) is 0 Å². The van der Waals surface area contributed by atoms with Gasteiger partial charge in [-0.3, -0.25) is 0 Å². The molecule has 0 amide bonds. The monoisotopic (exact) mass is 219 g/mol. The Balaban J connectivity index is 2.54. The Hall–Kier alpha value is -2.22. The topological polar surface area (TPSA) is 107 Å². The van der Waals surface area contributed by atoms with E-state index < -0.39 is 0 Å². The van der Waals surface area contributed by atoms with Gasteiger partial charge in [0.1, 0.15) is 12.6 Å². The van der Waals surface area contributed by atoms with Gasteiger partial charge in [-0.05, 0) is 6.92 Å². The lowest BCUT2D eigenvalue weighted by molar-refractivity contribution is 0.199. The second-order valence-corrected chi connectivity index (χ2v) is 3.39. The Labute approximate surface area is 89.3 Å². The van der Waals surface area contributed by atoms with Crippen LogP contribution in [0.2, 0.25) is 0 Å². The summed E-state index contributed by atoms with van der Waals surface area (Å²) in [4.78, 5) is 8.37. The third-order valence-electron chi connectivity index (χ3n) is 2.34. The van der Waals surface area contributed by atoms with Gasteiger partial charge in [-0.25, -0.2) is 9.67 Å². The summed E-state index contributed by atoms with van der Waals surface area (Å²) in [6.07, 6.45) is 1.58. The third-order valence-corrected chi connectivity index (χ3v) is 2.34. The van der Waals surface area contributed by atoms with E-state index in [9.17, 15) is 0 Å². The van der Waals surface area contributed by atoms with E-state index in [1.54, 1.807) is 13.1 Å². The molecule has 0 saturated carbocycles. The Morgan fingerprint density at radius 1 is 1.38 bits per heavy atom. The van der Waals surface area contributed by atoms with Gasteiger partial charge in [0.15, 0.2) is 11.3 Å². The molecule has 3 N–H and O–H groups in total. The molecule has 0 unspecified atom stereocenters. The molecular weight excluding hydrogens is 210 g/mol. The minimum atomic E-state index is -0.251. The summed E-state index contributed by atoms with van der Waals surface area (Å²) in [5, 5.41) is 17.9. The largest absolute Gasteiger partial charge is 0.374 e. The molecule has 0 radical (unpaired) electrons. The lowest BCUT2D eigenvalue weighted by atomic mass is 10.4. The van der Waals surface area contributed by atoms with E-state index in [0.717, 1.165) is 0 Å². The number of hydrogen-bond acceptors (Lipinski definition) is 6. The molecule has 16 heavy (non-hydrogen) atoms. The van der Waals surface area contributed by atoms with Crippen molar-refractivity contribution in [3.05, 3.63) is 12.0 Å². The van der Waals surface area contributed by atoms with Crippen LogP contribution < -0.4 is 5.73 Å². The standard InChI is InChI=1S/C8H9N7O/c1-4-11-7-5-2-10-14(3-16)6(5)12-8(9)15(7)13-4/h2,16H,3H2,1H3,(H2,9,12). The summed E-state index contributed by atoms with van der Waals surface area (Å²) in [5.41, 5.74) is 6.84. The molecule has 0 fully saturated rings. The lowest BCUT2D eigenvalue weighted by Gasteiger charge is -2.00. The normalized spacial score (nSPS) is 11.6. The summed E-state index contributed by atoms with van der Waals surface area (Å²) in [6.45, 7) is 1.52. The van der Waals surface area contributed by atoms with Crippen LogP contribution in [-0.2, 0) is 6.73 Å². The molecule has 3 aromatic heterocycles. The van der Waals surface area contributed by atoms with Crippen LogP contribution in [0.15, 0.2) is 6.20 Å². The molecule has 3 rings (SSSR count). The number of aliphatic hydroxyl groups excluding tert-OH is 1. The van der Waals surface area contributed by atoms with Crippen LogP contribution in [-0.4, -0.2) is 34.5 Å². The number of nitrogens with zero attached hydrogens (tertiary/aromatic N) is 6. The molecule has 0 aliphatic carbocycles. The van der Waals surface area contributed by atoms with Crippen molar-refractivity contribution in [2.45, 2.75) is 13.7 Å². The highest BCUT2D eigenvalue weighted by atomic mass is 16.3. The predicted octanol–water partition coefficient (Wildman–Crippen LogP) is -0.686. The van der Waals surface area contributed by atoms with E-state index in [1.165, 1.54) is 9.20 Å². The molecule has 0 aliphatic rings. The highest BCUT2D eigenvalue weighted by Crippen LogP contribution is 2.18. The van der Waals surface area contributed by atoms with Crippen LogP contribution in [0.4, 0.5) is 5.95 Å². The van der Waals surface area contributed by atoms with Crippen molar-refractivity contribution < 1.29 is 5.11 Å². The van der Waals surface area contributed by atoms with Crippen molar-refractivity contribution in [2.75, 3.05) is 5.73 Å². The lowest BCUT2D eigenvalue weighted by Crippen LogP contribution is -2.05. The summed E-state index contributed by atoms with van der Waals surface area (Å²) in [6, 6.07) is 0. The maximum Gasteiger partial charge on any atom is 0.225 e. The zero-order valence-electron chi connectivity index (χ0n) is 8.49. The van der Waals surface area contributed by atoms with Crippen LogP contribution >= 0.6 is 0 Å². The Morgan fingerprint density at radius 3 is 2.94 bits per heavy atom. The highest BCUT2D eigenvalue weighted by molar-refractivity contribution is 5.89. The first-order valence-electron chi connectivity index (χ1n) is 4.66. The highest BCUT2D eigenvalue weighted by Gasteiger charge is 2.13. The molecule has 82 valence electrons. The maximum atomic E-state index is 9.07. The number of hydrogen-bond donors (Lipinski definition) is 2. The van der Waals surface area contributed by atoms with Crippen LogP contribution in [0, 0.1) is 6.92 Å². The van der Waals surface area contributed by atoms with Crippen LogP contribution in [0.3, 0.4) is 0 Å². The van der Waals surface area contributed by atoms with Gasteiger partial charge in [0.2, 0.25) is 5.95 Å². The van der Waals surface area contributed by atoms with Gasteiger partial charge in [0.25, 0.3) is 0 Å². The van der Waals surface area contributed by atoms with E-state index >= 15 is 0 Å². The van der Waals surface area contributed by atoms with Gasteiger partial charge >= 0.3 is 0 Å². The average Bonchev–Trinajstić information content (AvgIpc) is 2.81.